The maximum atomic E-state index is 11.3. The van der Waals surface area contributed by atoms with Gasteiger partial charge in [-0.3, -0.25) is 4.18 Å². The van der Waals surface area contributed by atoms with E-state index in [9.17, 15) is 8.42 Å². The first-order valence-corrected chi connectivity index (χ1v) is 7.53. The van der Waals surface area contributed by atoms with Gasteiger partial charge in [-0.05, 0) is 43.0 Å². The molecule has 5 heteroatoms. The van der Waals surface area contributed by atoms with E-state index in [1.54, 1.807) is 13.0 Å². The highest BCUT2D eigenvalue weighted by molar-refractivity contribution is 7.86. The summed E-state index contributed by atoms with van der Waals surface area (Å²) >= 11 is 0. The first-order valence-electron chi connectivity index (χ1n) is 5.95. The molecule has 18 heavy (non-hydrogen) atoms. The fraction of sp³-hybridized carbons (Fsp3) is 0.462. The van der Waals surface area contributed by atoms with Crippen LogP contribution in [0.15, 0.2) is 18.2 Å². The van der Waals surface area contributed by atoms with Gasteiger partial charge in [0.25, 0.3) is 10.1 Å². The van der Waals surface area contributed by atoms with Crippen molar-refractivity contribution in [3.63, 3.8) is 0 Å². The fourth-order valence-electron chi connectivity index (χ4n) is 2.20. The largest absolute Gasteiger partial charge is 0.269 e. The minimum Gasteiger partial charge on any atom is -0.269 e. The fourth-order valence-corrected chi connectivity index (χ4v) is 2.74. The summed E-state index contributed by atoms with van der Waals surface area (Å²) < 4.78 is 27.6. The summed E-state index contributed by atoms with van der Waals surface area (Å²) in [4.78, 5) is 0. The lowest BCUT2D eigenvalue weighted by Gasteiger charge is -2.11. The minimum absolute atomic E-state index is 0.00911. The van der Waals surface area contributed by atoms with Crippen molar-refractivity contribution in [2.45, 2.75) is 25.7 Å². The van der Waals surface area contributed by atoms with Crippen molar-refractivity contribution in [2.24, 2.45) is 0 Å². The molecule has 0 aliphatic heterocycles. The van der Waals surface area contributed by atoms with Crippen LogP contribution >= 0.6 is 0 Å². The molecule has 2 rings (SSSR count). The Morgan fingerprint density at radius 1 is 1.50 bits per heavy atom. The number of nitrogens with zero attached hydrogens (tertiary/aromatic N) is 1. The summed E-state index contributed by atoms with van der Waals surface area (Å²) in [6.07, 6.45) is 1.80. The van der Waals surface area contributed by atoms with E-state index in [0.29, 0.717) is 5.56 Å². The molecule has 0 fully saturated rings. The number of hydrogen-bond acceptors (Lipinski definition) is 4. The molecule has 96 valence electrons. The van der Waals surface area contributed by atoms with Gasteiger partial charge >= 0.3 is 0 Å². The molecule has 0 spiro atoms. The Balaban J connectivity index is 2.14. The molecule has 0 heterocycles. The zero-order chi connectivity index (χ0) is 13.2. The Morgan fingerprint density at radius 2 is 2.28 bits per heavy atom. The van der Waals surface area contributed by atoms with Crippen LogP contribution in [-0.2, 0) is 20.7 Å². The van der Waals surface area contributed by atoms with E-state index in [-0.39, 0.29) is 18.3 Å². The number of aryl methyl sites for hydroxylation is 1. The highest BCUT2D eigenvalue weighted by Crippen LogP contribution is 2.34. The second-order valence-electron chi connectivity index (χ2n) is 4.39. The van der Waals surface area contributed by atoms with Crippen LogP contribution in [0.25, 0.3) is 0 Å². The van der Waals surface area contributed by atoms with Crippen LogP contribution in [0.5, 0.6) is 0 Å². The summed E-state index contributed by atoms with van der Waals surface area (Å²) in [7, 11) is -3.39. The van der Waals surface area contributed by atoms with Crippen molar-refractivity contribution >= 4 is 10.1 Å². The van der Waals surface area contributed by atoms with Crippen molar-refractivity contribution in [1.82, 2.24) is 0 Å². The first kappa shape index (κ1) is 13.1. The summed E-state index contributed by atoms with van der Waals surface area (Å²) in [5.74, 6) is 0.0692. The van der Waals surface area contributed by atoms with E-state index in [0.717, 1.165) is 18.4 Å². The molecule has 0 amide bonds. The quantitative estimate of drug-likeness (QED) is 0.780. The van der Waals surface area contributed by atoms with E-state index in [2.05, 4.69) is 6.07 Å². The minimum atomic E-state index is -3.39. The monoisotopic (exact) mass is 265 g/mol. The Bertz CT molecular complexity index is 587. The second-order valence-corrected chi connectivity index (χ2v) is 6.32. The molecule has 1 aromatic rings. The zero-order valence-electron chi connectivity index (χ0n) is 10.2. The van der Waals surface area contributed by atoms with Crippen LogP contribution in [0.2, 0.25) is 0 Å². The van der Waals surface area contributed by atoms with E-state index >= 15 is 0 Å². The molecule has 0 N–H and O–H groups in total. The molecule has 1 aliphatic carbocycles. The van der Waals surface area contributed by atoms with Gasteiger partial charge < -0.3 is 0 Å². The molecular formula is C13H15NO3S. The predicted molar refractivity (Wildman–Crippen MR) is 67.6 cm³/mol. The Morgan fingerprint density at radius 3 is 2.94 bits per heavy atom. The van der Waals surface area contributed by atoms with Gasteiger partial charge in [0.15, 0.2) is 0 Å². The zero-order valence-corrected chi connectivity index (χ0v) is 11.0. The molecule has 0 bridgehead atoms. The normalized spacial score (nSPS) is 18.3. The molecule has 4 nitrogen and oxygen atoms in total. The third-order valence-corrected chi connectivity index (χ3v) is 4.48. The van der Waals surface area contributed by atoms with Crippen molar-refractivity contribution in [3.05, 3.63) is 34.9 Å². The molecule has 1 aromatic carbocycles. The average molecular weight is 265 g/mol. The standard InChI is InChI=1S/C13H15NO3S/c1-2-18(15,16)17-9-12-6-5-11-4-3-10(8-14)7-13(11)12/h3-4,7,12H,2,5-6,9H2,1H3. The lowest BCUT2D eigenvalue weighted by Crippen LogP contribution is -2.13. The molecule has 1 unspecified atom stereocenters. The van der Waals surface area contributed by atoms with Gasteiger partial charge in [0.2, 0.25) is 0 Å². The lowest BCUT2D eigenvalue weighted by molar-refractivity contribution is 0.291. The summed E-state index contributed by atoms with van der Waals surface area (Å²) in [5.41, 5.74) is 2.86. The molecule has 0 aromatic heterocycles. The number of nitriles is 1. The van der Waals surface area contributed by atoms with Crippen LogP contribution in [-0.4, -0.2) is 20.8 Å². The highest BCUT2D eigenvalue weighted by Gasteiger charge is 2.24. The van der Waals surface area contributed by atoms with Gasteiger partial charge in [0, 0.05) is 5.92 Å². The van der Waals surface area contributed by atoms with Gasteiger partial charge in [0.05, 0.1) is 24.0 Å². The van der Waals surface area contributed by atoms with E-state index < -0.39 is 10.1 Å². The molecule has 0 saturated heterocycles. The summed E-state index contributed by atoms with van der Waals surface area (Å²) in [6, 6.07) is 7.69. The summed E-state index contributed by atoms with van der Waals surface area (Å²) in [6.45, 7) is 1.74. The van der Waals surface area contributed by atoms with Crippen molar-refractivity contribution in [1.29, 1.82) is 5.26 Å². The number of hydrogen-bond donors (Lipinski definition) is 0. The van der Waals surface area contributed by atoms with E-state index in [4.69, 9.17) is 9.44 Å². The molecule has 0 radical (unpaired) electrons. The highest BCUT2D eigenvalue weighted by atomic mass is 32.2. The molecular weight excluding hydrogens is 250 g/mol. The Hall–Kier alpha value is -1.38. The number of fused-ring (bicyclic) bond motifs is 1. The van der Waals surface area contributed by atoms with Crippen LogP contribution in [0.3, 0.4) is 0 Å². The van der Waals surface area contributed by atoms with Crippen LogP contribution in [0, 0.1) is 11.3 Å². The number of rotatable bonds is 4. The maximum Gasteiger partial charge on any atom is 0.267 e. The van der Waals surface area contributed by atoms with Crippen molar-refractivity contribution in [2.75, 3.05) is 12.4 Å². The maximum absolute atomic E-state index is 11.3. The molecule has 1 aliphatic rings. The van der Waals surface area contributed by atoms with E-state index in [1.807, 2.05) is 12.1 Å². The second kappa shape index (κ2) is 5.09. The van der Waals surface area contributed by atoms with Gasteiger partial charge in [-0.25, -0.2) is 0 Å². The first-order chi connectivity index (χ1) is 8.55. The average Bonchev–Trinajstić information content (AvgIpc) is 2.78. The third-order valence-electron chi connectivity index (χ3n) is 3.28. The summed E-state index contributed by atoms with van der Waals surface area (Å²) in [5, 5.41) is 8.88. The van der Waals surface area contributed by atoms with Crippen LogP contribution < -0.4 is 0 Å². The molecule has 0 saturated carbocycles. The Kier molecular flexibility index (Phi) is 3.69. The van der Waals surface area contributed by atoms with Gasteiger partial charge in [0.1, 0.15) is 0 Å². The topological polar surface area (TPSA) is 67.2 Å². The van der Waals surface area contributed by atoms with Gasteiger partial charge in [-0.2, -0.15) is 13.7 Å². The van der Waals surface area contributed by atoms with Crippen LogP contribution in [0.1, 0.15) is 36.0 Å². The van der Waals surface area contributed by atoms with E-state index in [1.165, 1.54) is 5.56 Å². The van der Waals surface area contributed by atoms with Gasteiger partial charge in [-0.15, -0.1) is 0 Å². The van der Waals surface area contributed by atoms with Crippen molar-refractivity contribution < 1.29 is 12.6 Å². The van der Waals surface area contributed by atoms with Crippen molar-refractivity contribution in [3.8, 4) is 6.07 Å². The third kappa shape index (κ3) is 2.71. The smallest absolute Gasteiger partial charge is 0.267 e. The SMILES string of the molecule is CCS(=O)(=O)OCC1CCc2ccc(C#N)cc21. The van der Waals surface area contributed by atoms with Crippen LogP contribution in [0.4, 0.5) is 0 Å². The van der Waals surface area contributed by atoms with Gasteiger partial charge in [-0.1, -0.05) is 6.07 Å². The molecule has 1 atom stereocenters. The Labute approximate surface area is 107 Å². The number of benzene rings is 1. The predicted octanol–water partition coefficient (Wildman–Crippen LogP) is 1.95. The lowest BCUT2D eigenvalue weighted by atomic mass is 10.0.